The van der Waals surface area contributed by atoms with Crippen LogP contribution >= 0.6 is 0 Å². The number of rotatable bonds is 1. The van der Waals surface area contributed by atoms with E-state index in [1.54, 1.807) is 6.33 Å². The van der Waals surface area contributed by atoms with Gasteiger partial charge in [0.05, 0.1) is 0 Å². The molecule has 2 heterocycles. The highest BCUT2D eigenvalue weighted by Gasteiger charge is 2.12. The largest absolute Gasteiger partial charge is 0.292 e. The maximum atomic E-state index is 4.17. The van der Waals surface area contributed by atoms with Crippen LogP contribution in [0.15, 0.2) is 12.4 Å². The second-order valence-electron chi connectivity index (χ2n) is 2.93. The molecule has 0 spiro atoms. The molecule has 1 aliphatic heterocycles. The van der Waals surface area contributed by atoms with Crippen LogP contribution in [0.4, 0.5) is 5.82 Å². The number of anilines is 1. The molecular weight excluding hydrogens is 152 g/mol. The molecule has 0 radical (unpaired) electrons. The molecule has 1 N–H and O–H groups in total. The minimum atomic E-state index is 0.972. The smallest absolute Gasteiger partial charge is 0.146 e. The summed E-state index contributed by atoms with van der Waals surface area (Å²) in [6, 6.07) is 1.98. The number of aromatic nitrogens is 2. The Labute approximate surface area is 71.6 Å². The third kappa shape index (κ3) is 1.38. The Kier molecular flexibility index (Phi) is 1.91. The van der Waals surface area contributed by atoms with Gasteiger partial charge in [-0.3, -0.25) is 5.01 Å². The van der Waals surface area contributed by atoms with Crippen molar-refractivity contribution in [3.8, 4) is 0 Å². The zero-order chi connectivity index (χ0) is 8.39. The predicted molar refractivity (Wildman–Crippen MR) is 46.7 cm³/mol. The average Bonchev–Trinajstić information content (AvgIpc) is 2.56. The molecule has 1 aliphatic rings. The van der Waals surface area contributed by atoms with Crippen LogP contribution in [0.1, 0.15) is 12.1 Å². The van der Waals surface area contributed by atoms with E-state index in [0.29, 0.717) is 0 Å². The lowest BCUT2D eigenvalue weighted by Gasteiger charge is -2.15. The van der Waals surface area contributed by atoms with Crippen LogP contribution in [-0.2, 0) is 0 Å². The second-order valence-corrected chi connectivity index (χ2v) is 2.93. The van der Waals surface area contributed by atoms with Crippen molar-refractivity contribution in [3.63, 3.8) is 0 Å². The summed E-state index contributed by atoms with van der Waals surface area (Å²) in [6.07, 6.45) is 2.79. The number of nitrogens with one attached hydrogen (secondary N) is 1. The molecule has 12 heavy (non-hydrogen) atoms. The van der Waals surface area contributed by atoms with Gasteiger partial charge in [0.15, 0.2) is 0 Å². The summed E-state index contributed by atoms with van der Waals surface area (Å²) in [5.41, 5.74) is 4.25. The van der Waals surface area contributed by atoms with Gasteiger partial charge in [-0.15, -0.1) is 0 Å². The van der Waals surface area contributed by atoms with Crippen molar-refractivity contribution in [3.05, 3.63) is 18.1 Å². The van der Waals surface area contributed by atoms with E-state index in [1.165, 1.54) is 6.42 Å². The molecule has 4 nitrogen and oxygen atoms in total. The summed E-state index contributed by atoms with van der Waals surface area (Å²) in [7, 11) is 0. The molecule has 2 rings (SSSR count). The standard InChI is InChI=1S/C8H12N4/c1-7-5-8(10-6-9-7)12-4-2-3-11-12/h5-6,11H,2-4H2,1H3. The molecule has 0 aromatic carbocycles. The lowest BCUT2D eigenvalue weighted by molar-refractivity contribution is 0.769. The van der Waals surface area contributed by atoms with E-state index in [9.17, 15) is 0 Å². The third-order valence-corrected chi connectivity index (χ3v) is 1.93. The molecule has 4 heteroatoms. The van der Waals surface area contributed by atoms with E-state index >= 15 is 0 Å². The van der Waals surface area contributed by atoms with E-state index in [2.05, 4.69) is 20.4 Å². The van der Waals surface area contributed by atoms with Gasteiger partial charge >= 0.3 is 0 Å². The fourth-order valence-electron chi connectivity index (χ4n) is 1.31. The van der Waals surface area contributed by atoms with Crippen molar-refractivity contribution in [1.82, 2.24) is 15.4 Å². The summed E-state index contributed by atoms with van der Waals surface area (Å²) < 4.78 is 0. The van der Waals surface area contributed by atoms with Crippen LogP contribution in [0, 0.1) is 6.92 Å². The van der Waals surface area contributed by atoms with Crippen molar-refractivity contribution >= 4 is 5.82 Å². The van der Waals surface area contributed by atoms with Crippen molar-refractivity contribution in [1.29, 1.82) is 0 Å². The molecule has 1 aromatic heterocycles. The normalized spacial score (nSPS) is 16.9. The first-order chi connectivity index (χ1) is 5.86. The van der Waals surface area contributed by atoms with Gasteiger partial charge in [0.2, 0.25) is 0 Å². The van der Waals surface area contributed by atoms with Crippen molar-refractivity contribution in [2.45, 2.75) is 13.3 Å². The minimum absolute atomic E-state index is 0.972. The molecule has 1 fully saturated rings. The maximum absolute atomic E-state index is 4.17. The van der Waals surface area contributed by atoms with Gasteiger partial charge in [-0.25, -0.2) is 15.4 Å². The van der Waals surface area contributed by atoms with Gasteiger partial charge in [-0.05, 0) is 13.3 Å². The van der Waals surface area contributed by atoms with Crippen LogP contribution in [0.3, 0.4) is 0 Å². The highest BCUT2D eigenvalue weighted by Crippen LogP contribution is 2.11. The molecular formula is C8H12N4. The van der Waals surface area contributed by atoms with Gasteiger partial charge < -0.3 is 0 Å². The molecule has 0 saturated carbocycles. The number of hydrazine groups is 1. The predicted octanol–water partition coefficient (Wildman–Crippen LogP) is 0.500. The maximum Gasteiger partial charge on any atom is 0.146 e. The Bertz CT molecular complexity index is 268. The first-order valence-corrected chi connectivity index (χ1v) is 4.16. The van der Waals surface area contributed by atoms with Gasteiger partial charge in [-0.1, -0.05) is 0 Å². The number of aryl methyl sites for hydroxylation is 1. The van der Waals surface area contributed by atoms with Gasteiger partial charge in [0, 0.05) is 24.8 Å². The fraction of sp³-hybridized carbons (Fsp3) is 0.500. The van der Waals surface area contributed by atoms with Crippen LogP contribution < -0.4 is 10.4 Å². The molecule has 1 saturated heterocycles. The Balaban J connectivity index is 2.21. The number of hydrogen-bond donors (Lipinski definition) is 1. The first kappa shape index (κ1) is 7.49. The second kappa shape index (κ2) is 3.06. The van der Waals surface area contributed by atoms with Crippen LogP contribution in [0.2, 0.25) is 0 Å². The van der Waals surface area contributed by atoms with E-state index < -0.39 is 0 Å². The lowest BCUT2D eigenvalue weighted by atomic mass is 10.4. The number of hydrogen-bond acceptors (Lipinski definition) is 4. The van der Waals surface area contributed by atoms with Crippen LogP contribution in [-0.4, -0.2) is 23.1 Å². The fourth-order valence-corrected chi connectivity index (χ4v) is 1.31. The Morgan fingerprint density at radius 3 is 3.08 bits per heavy atom. The molecule has 0 bridgehead atoms. The zero-order valence-electron chi connectivity index (χ0n) is 7.12. The van der Waals surface area contributed by atoms with Gasteiger partial charge in [0.1, 0.15) is 12.1 Å². The minimum Gasteiger partial charge on any atom is -0.292 e. The molecule has 0 aliphatic carbocycles. The van der Waals surface area contributed by atoms with E-state index in [1.807, 2.05) is 13.0 Å². The summed E-state index contributed by atoms with van der Waals surface area (Å²) in [6.45, 7) is 4.06. The van der Waals surface area contributed by atoms with Crippen molar-refractivity contribution in [2.75, 3.05) is 18.1 Å². The molecule has 0 amide bonds. The molecule has 0 unspecified atom stereocenters. The molecule has 1 aromatic rings. The van der Waals surface area contributed by atoms with Crippen molar-refractivity contribution < 1.29 is 0 Å². The first-order valence-electron chi connectivity index (χ1n) is 4.16. The summed E-state index contributed by atoms with van der Waals surface area (Å²) in [5.74, 6) is 0.972. The monoisotopic (exact) mass is 164 g/mol. The zero-order valence-corrected chi connectivity index (χ0v) is 7.12. The topological polar surface area (TPSA) is 41.0 Å². The Hall–Kier alpha value is -1.16. The summed E-state index contributed by atoms with van der Waals surface area (Å²) in [4.78, 5) is 8.22. The van der Waals surface area contributed by atoms with E-state index in [-0.39, 0.29) is 0 Å². The van der Waals surface area contributed by atoms with Crippen LogP contribution in [0.5, 0.6) is 0 Å². The summed E-state index contributed by atoms with van der Waals surface area (Å²) >= 11 is 0. The Morgan fingerprint density at radius 1 is 1.50 bits per heavy atom. The van der Waals surface area contributed by atoms with Gasteiger partial charge in [-0.2, -0.15) is 0 Å². The highest BCUT2D eigenvalue weighted by molar-refractivity contribution is 5.37. The van der Waals surface area contributed by atoms with Crippen molar-refractivity contribution in [2.24, 2.45) is 0 Å². The highest BCUT2D eigenvalue weighted by atomic mass is 15.5. The molecule has 64 valence electrons. The molecule has 0 atom stereocenters. The Morgan fingerprint density at radius 2 is 2.42 bits per heavy atom. The quantitative estimate of drug-likeness (QED) is 0.656. The average molecular weight is 164 g/mol. The van der Waals surface area contributed by atoms with Crippen LogP contribution in [0.25, 0.3) is 0 Å². The summed E-state index contributed by atoms with van der Waals surface area (Å²) in [5, 5.41) is 2.06. The number of nitrogens with zero attached hydrogens (tertiary/aromatic N) is 3. The van der Waals surface area contributed by atoms with E-state index in [4.69, 9.17) is 0 Å². The SMILES string of the molecule is Cc1cc(N2CCCN2)ncn1. The van der Waals surface area contributed by atoms with E-state index in [0.717, 1.165) is 24.6 Å². The third-order valence-electron chi connectivity index (χ3n) is 1.93. The van der Waals surface area contributed by atoms with Gasteiger partial charge in [0.25, 0.3) is 0 Å². The lowest BCUT2D eigenvalue weighted by Crippen LogP contribution is -2.31.